The molecule has 0 aliphatic rings. The number of rotatable bonds is 4. The Labute approximate surface area is 154 Å². The molecule has 0 bridgehead atoms. The largest absolute Gasteiger partial charge is 0.507 e. The van der Waals surface area contributed by atoms with Gasteiger partial charge >= 0.3 is 0 Å². The molecule has 0 spiro atoms. The van der Waals surface area contributed by atoms with Crippen molar-refractivity contribution in [3.63, 3.8) is 0 Å². The fraction of sp³-hybridized carbons (Fsp3) is 0.105. The Hall–Kier alpha value is -3.81. The van der Waals surface area contributed by atoms with E-state index < -0.39 is 0 Å². The van der Waals surface area contributed by atoms with Crippen molar-refractivity contribution in [2.24, 2.45) is 0 Å². The molecule has 8 heteroatoms. The van der Waals surface area contributed by atoms with Crippen LogP contribution in [-0.4, -0.2) is 48.2 Å². The van der Waals surface area contributed by atoms with Crippen molar-refractivity contribution in [2.75, 3.05) is 7.05 Å². The van der Waals surface area contributed by atoms with Gasteiger partial charge in [0.1, 0.15) is 12.1 Å². The van der Waals surface area contributed by atoms with Crippen molar-refractivity contribution in [1.82, 2.24) is 30.1 Å². The smallest absolute Gasteiger partial charge is 0.257 e. The third-order valence-electron chi connectivity index (χ3n) is 4.32. The number of carbonyl (C=O) groups is 1. The van der Waals surface area contributed by atoms with Crippen LogP contribution in [0.3, 0.4) is 0 Å². The molecule has 4 aromatic rings. The van der Waals surface area contributed by atoms with Crippen LogP contribution in [0.1, 0.15) is 15.9 Å². The summed E-state index contributed by atoms with van der Waals surface area (Å²) < 4.78 is 1.40. The number of hydrogen-bond donors (Lipinski definition) is 1. The number of fused-ring (bicyclic) bond motifs is 1. The minimum atomic E-state index is -0.281. The molecular weight excluding hydrogens is 344 g/mol. The van der Waals surface area contributed by atoms with Gasteiger partial charge in [0.2, 0.25) is 0 Å². The third-order valence-corrected chi connectivity index (χ3v) is 4.32. The lowest BCUT2D eigenvalue weighted by atomic mass is 10.1. The first-order valence-electron chi connectivity index (χ1n) is 8.28. The molecular formula is C19H16N6O2. The highest BCUT2D eigenvalue weighted by Gasteiger charge is 2.18. The molecule has 0 saturated carbocycles. The molecule has 0 aliphatic carbocycles. The highest BCUT2D eigenvalue weighted by molar-refractivity contribution is 5.97. The fourth-order valence-electron chi connectivity index (χ4n) is 2.96. The first kappa shape index (κ1) is 16.6. The third kappa shape index (κ3) is 3.20. The van der Waals surface area contributed by atoms with Gasteiger partial charge in [-0.3, -0.25) is 9.78 Å². The highest BCUT2D eigenvalue weighted by Crippen LogP contribution is 2.24. The average molecular weight is 360 g/mol. The van der Waals surface area contributed by atoms with Crippen LogP contribution < -0.4 is 0 Å². The molecule has 0 aliphatic heterocycles. The maximum Gasteiger partial charge on any atom is 0.257 e. The summed E-state index contributed by atoms with van der Waals surface area (Å²) in [7, 11) is 1.70. The summed E-state index contributed by atoms with van der Waals surface area (Å²) in [6.07, 6.45) is 3.15. The van der Waals surface area contributed by atoms with Gasteiger partial charge in [0.25, 0.3) is 5.91 Å². The van der Waals surface area contributed by atoms with Gasteiger partial charge in [-0.2, -0.15) is 0 Å². The molecule has 2 aromatic heterocycles. The molecule has 27 heavy (non-hydrogen) atoms. The lowest BCUT2D eigenvalue weighted by Gasteiger charge is -2.19. The Kier molecular flexibility index (Phi) is 4.21. The van der Waals surface area contributed by atoms with Gasteiger partial charge < -0.3 is 10.0 Å². The van der Waals surface area contributed by atoms with Gasteiger partial charge in [-0.25, -0.2) is 4.68 Å². The topological polar surface area (TPSA) is 97.0 Å². The summed E-state index contributed by atoms with van der Waals surface area (Å²) in [5, 5.41) is 22.2. The first-order valence-corrected chi connectivity index (χ1v) is 8.28. The second-order valence-corrected chi connectivity index (χ2v) is 6.10. The van der Waals surface area contributed by atoms with Gasteiger partial charge in [0, 0.05) is 31.2 Å². The molecule has 1 N–H and O–H groups in total. The van der Waals surface area contributed by atoms with E-state index in [-0.39, 0.29) is 17.2 Å². The molecule has 4 rings (SSSR count). The van der Waals surface area contributed by atoms with Crippen molar-refractivity contribution >= 4 is 16.8 Å². The molecule has 1 amide bonds. The number of phenols is 1. The van der Waals surface area contributed by atoms with E-state index in [1.165, 1.54) is 17.1 Å². The fourth-order valence-corrected chi connectivity index (χ4v) is 2.96. The normalized spacial score (nSPS) is 10.9. The predicted molar refractivity (Wildman–Crippen MR) is 98.4 cm³/mol. The molecule has 134 valence electrons. The second kappa shape index (κ2) is 6.83. The SMILES string of the molecule is CN(Cc1cccc2ncccc12)C(=O)c1ccc(-n2cnnn2)cc1O. The van der Waals surface area contributed by atoms with E-state index in [1.807, 2.05) is 30.3 Å². The second-order valence-electron chi connectivity index (χ2n) is 6.10. The Morgan fingerprint density at radius 1 is 1.19 bits per heavy atom. The van der Waals surface area contributed by atoms with E-state index in [0.717, 1.165) is 16.5 Å². The maximum absolute atomic E-state index is 12.8. The number of hydrogen-bond acceptors (Lipinski definition) is 6. The van der Waals surface area contributed by atoms with E-state index in [2.05, 4.69) is 20.5 Å². The van der Waals surface area contributed by atoms with Crippen molar-refractivity contribution in [3.05, 3.63) is 72.2 Å². The van der Waals surface area contributed by atoms with E-state index in [0.29, 0.717) is 12.2 Å². The van der Waals surface area contributed by atoms with Crippen LogP contribution in [0.15, 0.2) is 61.1 Å². The van der Waals surface area contributed by atoms with Crippen molar-refractivity contribution in [1.29, 1.82) is 0 Å². The number of amides is 1. The maximum atomic E-state index is 12.8. The Morgan fingerprint density at radius 2 is 2.07 bits per heavy atom. The predicted octanol–water partition coefficient (Wildman–Crippen LogP) is 2.19. The lowest BCUT2D eigenvalue weighted by molar-refractivity contribution is 0.0782. The molecule has 0 fully saturated rings. The summed E-state index contributed by atoms with van der Waals surface area (Å²) >= 11 is 0. The van der Waals surface area contributed by atoms with Gasteiger partial charge in [-0.15, -0.1) is 5.10 Å². The minimum Gasteiger partial charge on any atom is -0.507 e. The lowest BCUT2D eigenvalue weighted by Crippen LogP contribution is -2.26. The monoisotopic (exact) mass is 360 g/mol. The number of benzene rings is 2. The zero-order chi connectivity index (χ0) is 18.8. The van der Waals surface area contributed by atoms with Crippen LogP contribution in [-0.2, 0) is 6.54 Å². The number of carbonyl (C=O) groups excluding carboxylic acids is 1. The molecule has 8 nitrogen and oxygen atoms in total. The number of nitrogens with zero attached hydrogens (tertiary/aromatic N) is 6. The van der Waals surface area contributed by atoms with Gasteiger partial charge in [-0.05, 0) is 40.3 Å². The van der Waals surface area contributed by atoms with Crippen LogP contribution >= 0.6 is 0 Å². The van der Waals surface area contributed by atoms with Gasteiger partial charge in [-0.1, -0.05) is 18.2 Å². The number of tetrazole rings is 1. The average Bonchev–Trinajstić information content (AvgIpc) is 3.22. The van der Waals surface area contributed by atoms with Crippen molar-refractivity contribution < 1.29 is 9.90 Å². The van der Waals surface area contributed by atoms with E-state index in [9.17, 15) is 9.90 Å². The number of pyridine rings is 1. The standard InChI is InChI=1S/C19H16N6O2/c1-24(11-13-4-2-6-17-15(13)5-3-9-20-17)19(27)16-8-7-14(10-18(16)26)25-12-21-22-23-25/h2-10,12,26H,11H2,1H3. The molecule has 0 saturated heterocycles. The molecule has 2 heterocycles. The minimum absolute atomic E-state index is 0.126. The van der Waals surface area contributed by atoms with Crippen molar-refractivity contribution in [2.45, 2.75) is 6.54 Å². The number of phenolic OH excluding ortho intramolecular Hbond substituents is 1. The van der Waals surface area contributed by atoms with Crippen LogP contribution in [0.4, 0.5) is 0 Å². The van der Waals surface area contributed by atoms with Crippen LogP contribution in [0.5, 0.6) is 5.75 Å². The summed E-state index contributed by atoms with van der Waals surface area (Å²) in [6, 6.07) is 14.4. The van der Waals surface area contributed by atoms with Crippen molar-refractivity contribution in [3.8, 4) is 11.4 Å². The van der Waals surface area contributed by atoms with Gasteiger partial charge in [0.05, 0.1) is 16.8 Å². The Balaban J connectivity index is 1.59. The van der Waals surface area contributed by atoms with E-state index in [1.54, 1.807) is 30.3 Å². The zero-order valence-electron chi connectivity index (χ0n) is 14.5. The van der Waals surface area contributed by atoms with E-state index >= 15 is 0 Å². The Bertz CT molecular complexity index is 1110. The number of aromatic nitrogens is 5. The van der Waals surface area contributed by atoms with Crippen LogP contribution in [0.2, 0.25) is 0 Å². The van der Waals surface area contributed by atoms with Crippen LogP contribution in [0, 0.1) is 0 Å². The summed E-state index contributed by atoms with van der Waals surface area (Å²) in [6.45, 7) is 0.399. The van der Waals surface area contributed by atoms with Gasteiger partial charge in [0.15, 0.2) is 0 Å². The summed E-state index contributed by atoms with van der Waals surface area (Å²) in [5.41, 5.74) is 2.65. The molecule has 0 radical (unpaired) electrons. The Morgan fingerprint density at radius 3 is 2.85 bits per heavy atom. The molecule has 2 aromatic carbocycles. The molecule has 0 unspecified atom stereocenters. The summed E-state index contributed by atoms with van der Waals surface area (Å²) in [5.74, 6) is -0.406. The van der Waals surface area contributed by atoms with Crippen LogP contribution in [0.25, 0.3) is 16.6 Å². The zero-order valence-corrected chi connectivity index (χ0v) is 14.5. The highest BCUT2D eigenvalue weighted by atomic mass is 16.3. The first-order chi connectivity index (χ1) is 13.1. The molecule has 0 atom stereocenters. The van der Waals surface area contributed by atoms with E-state index in [4.69, 9.17) is 0 Å². The quantitative estimate of drug-likeness (QED) is 0.599. The number of aromatic hydroxyl groups is 1. The summed E-state index contributed by atoms with van der Waals surface area (Å²) in [4.78, 5) is 18.7.